The molecule has 0 saturated carbocycles. The van der Waals surface area contributed by atoms with Crippen molar-refractivity contribution in [3.05, 3.63) is 59.6 Å². The molecule has 0 atom stereocenters. The Labute approximate surface area is 144 Å². The Morgan fingerprint density at radius 3 is 2.76 bits per heavy atom. The van der Waals surface area contributed by atoms with Gasteiger partial charge in [0.15, 0.2) is 6.61 Å². The van der Waals surface area contributed by atoms with E-state index in [2.05, 4.69) is 15.1 Å². The maximum atomic E-state index is 12.2. The van der Waals surface area contributed by atoms with Gasteiger partial charge in [0.2, 0.25) is 11.7 Å². The van der Waals surface area contributed by atoms with E-state index in [1.54, 1.807) is 18.3 Å². The fourth-order valence-electron chi connectivity index (χ4n) is 2.14. The number of ether oxygens (including phenoxy) is 2. The number of pyridine rings is 1. The van der Waals surface area contributed by atoms with Crippen LogP contribution in [0.25, 0.3) is 11.4 Å². The van der Waals surface area contributed by atoms with Crippen molar-refractivity contribution in [1.82, 2.24) is 15.1 Å². The second-order valence-corrected chi connectivity index (χ2v) is 5.24. The third kappa shape index (κ3) is 4.00. The molecule has 128 valence electrons. The van der Waals surface area contributed by atoms with E-state index in [1.807, 2.05) is 38.1 Å². The van der Waals surface area contributed by atoms with Gasteiger partial charge in [-0.25, -0.2) is 9.78 Å². The highest BCUT2D eigenvalue weighted by atomic mass is 16.6. The van der Waals surface area contributed by atoms with Crippen LogP contribution >= 0.6 is 0 Å². The van der Waals surface area contributed by atoms with Crippen molar-refractivity contribution in [2.24, 2.45) is 0 Å². The van der Waals surface area contributed by atoms with Crippen LogP contribution in [0.4, 0.5) is 0 Å². The average Bonchev–Trinajstić information content (AvgIpc) is 3.10. The minimum absolute atomic E-state index is 0.127. The fourth-order valence-corrected chi connectivity index (χ4v) is 2.14. The number of carbonyl (C=O) groups excluding carboxylic acids is 1. The highest BCUT2D eigenvalue weighted by Gasteiger charge is 2.17. The molecule has 0 bridgehead atoms. The molecule has 0 amide bonds. The molecule has 3 aromatic rings. The predicted octanol–water partition coefficient (Wildman–Crippen LogP) is 3.20. The first-order valence-electron chi connectivity index (χ1n) is 7.82. The number of nitrogens with zero attached hydrogens (tertiary/aromatic N) is 3. The van der Waals surface area contributed by atoms with Crippen LogP contribution in [0.5, 0.6) is 5.88 Å². The van der Waals surface area contributed by atoms with E-state index in [-0.39, 0.29) is 23.9 Å². The van der Waals surface area contributed by atoms with Crippen LogP contribution in [-0.2, 0) is 11.3 Å². The Morgan fingerprint density at radius 2 is 2.00 bits per heavy atom. The summed E-state index contributed by atoms with van der Waals surface area (Å²) < 4.78 is 15.7. The minimum Gasteiger partial charge on any atom is -0.477 e. The largest absolute Gasteiger partial charge is 0.477 e. The summed E-state index contributed by atoms with van der Waals surface area (Å²) in [6.45, 7) is 4.09. The second-order valence-electron chi connectivity index (χ2n) is 5.24. The molecule has 2 aromatic heterocycles. The summed E-state index contributed by atoms with van der Waals surface area (Å²) in [6, 6.07) is 11.0. The summed E-state index contributed by atoms with van der Waals surface area (Å²) in [5.74, 6) is 0.334. The number of esters is 1. The molecular formula is C18H17N3O4. The van der Waals surface area contributed by atoms with Crippen molar-refractivity contribution in [2.75, 3.05) is 6.61 Å². The third-order valence-corrected chi connectivity index (χ3v) is 3.38. The topological polar surface area (TPSA) is 87.3 Å². The maximum Gasteiger partial charge on any atom is 0.344 e. The first-order chi connectivity index (χ1) is 12.2. The average molecular weight is 339 g/mol. The number of benzene rings is 1. The molecule has 25 heavy (non-hydrogen) atoms. The molecule has 1 aromatic carbocycles. The zero-order valence-corrected chi connectivity index (χ0v) is 13.9. The standard InChI is InChI=1S/C18H17N3O4/c1-3-23-17-14(5-4-10-19-17)18(22)24-11-15-20-16(21-25-15)13-8-6-12(2)7-9-13/h4-10H,3,11H2,1-2H3. The molecule has 0 fully saturated rings. The number of aryl methyl sites for hydroxylation is 1. The number of hydrogen-bond acceptors (Lipinski definition) is 7. The van der Waals surface area contributed by atoms with Crippen LogP contribution in [0.1, 0.15) is 28.7 Å². The van der Waals surface area contributed by atoms with Crippen LogP contribution in [0.3, 0.4) is 0 Å². The van der Waals surface area contributed by atoms with Gasteiger partial charge in [0.1, 0.15) is 5.56 Å². The Balaban J connectivity index is 1.66. The lowest BCUT2D eigenvalue weighted by atomic mass is 10.1. The van der Waals surface area contributed by atoms with Gasteiger partial charge in [-0.3, -0.25) is 0 Å². The SMILES string of the molecule is CCOc1ncccc1C(=O)OCc1nc(-c2ccc(C)cc2)no1. The summed E-state index contributed by atoms with van der Waals surface area (Å²) >= 11 is 0. The van der Waals surface area contributed by atoms with Gasteiger partial charge in [-0.05, 0) is 26.0 Å². The molecule has 0 radical (unpaired) electrons. The van der Waals surface area contributed by atoms with Gasteiger partial charge in [-0.1, -0.05) is 35.0 Å². The van der Waals surface area contributed by atoms with Crippen molar-refractivity contribution in [3.63, 3.8) is 0 Å². The van der Waals surface area contributed by atoms with Crippen LogP contribution in [0, 0.1) is 6.92 Å². The minimum atomic E-state index is -0.563. The van der Waals surface area contributed by atoms with Crippen molar-refractivity contribution in [3.8, 4) is 17.3 Å². The molecule has 0 unspecified atom stereocenters. The Morgan fingerprint density at radius 1 is 1.20 bits per heavy atom. The molecule has 0 aliphatic rings. The van der Waals surface area contributed by atoms with Gasteiger partial charge in [0, 0.05) is 11.8 Å². The van der Waals surface area contributed by atoms with Gasteiger partial charge < -0.3 is 14.0 Å². The van der Waals surface area contributed by atoms with E-state index < -0.39 is 5.97 Å². The Bertz CT molecular complexity index is 859. The summed E-state index contributed by atoms with van der Waals surface area (Å²) in [7, 11) is 0. The van der Waals surface area contributed by atoms with E-state index >= 15 is 0 Å². The van der Waals surface area contributed by atoms with Crippen LogP contribution in [0.2, 0.25) is 0 Å². The van der Waals surface area contributed by atoms with Gasteiger partial charge in [0.05, 0.1) is 6.61 Å². The number of hydrogen-bond donors (Lipinski definition) is 0. The van der Waals surface area contributed by atoms with Crippen LogP contribution in [0.15, 0.2) is 47.1 Å². The number of carbonyl (C=O) groups is 1. The lowest BCUT2D eigenvalue weighted by Gasteiger charge is -2.07. The predicted molar refractivity (Wildman–Crippen MR) is 89.0 cm³/mol. The molecule has 7 heteroatoms. The van der Waals surface area contributed by atoms with Gasteiger partial charge in [0.25, 0.3) is 5.89 Å². The summed E-state index contributed by atoms with van der Waals surface area (Å²) in [4.78, 5) is 20.4. The van der Waals surface area contributed by atoms with E-state index in [0.29, 0.717) is 12.4 Å². The lowest BCUT2D eigenvalue weighted by molar-refractivity contribution is 0.0424. The van der Waals surface area contributed by atoms with E-state index in [9.17, 15) is 4.79 Å². The molecule has 3 rings (SSSR count). The van der Waals surface area contributed by atoms with Gasteiger partial charge in [-0.2, -0.15) is 4.98 Å². The van der Waals surface area contributed by atoms with E-state index in [0.717, 1.165) is 11.1 Å². The first-order valence-corrected chi connectivity index (χ1v) is 7.82. The molecule has 7 nitrogen and oxygen atoms in total. The van der Waals surface area contributed by atoms with Crippen molar-refractivity contribution < 1.29 is 18.8 Å². The van der Waals surface area contributed by atoms with Crippen molar-refractivity contribution in [1.29, 1.82) is 0 Å². The summed E-state index contributed by atoms with van der Waals surface area (Å²) in [6.07, 6.45) is 1.55. The van der Waals surface area contributed by atoms with Crippen LogP contribution in [-0.4, -0.2) is 27.7 Å². The molecule has 2 heterocycles. The molecular weight excluding hydrogens is 322 g/mol. The molecule has 0 aliphatic heterocycles. The van der Waals surface area contributed by atoms with Crippen molar-refractivity contribution >= 4 is 5.97 Å². The summed E-state index contributed by atoms with van der Waals surface area (Å²) in [5.41, 5.74) is 2.23. The van der Waals surface area contributed by atoms with Gasteiger partial charge in [-0.15, -0.1) is 0 Å². The second kappa shape index (κ2) is 7.57. The number of aromatic nitrogens is 3. The molecule has 0 N–H and O–H groups in total. The monoisotopic (exact) mass is 339 g/mol. The van der Waals surface area contributed by atoms with E-state index in [4.69, 9.17) is 14.0 Å². The molecule has 0 saturated heterocycles. The smallest absolute Gasteiger partial charge is 0.344 e. The molecule has 0 spiro atoms. The fraction of sp³-hybridized carbons (Fsp3) is 0.222. The van der Waals surface area contributed by atoms with Crippen LogP contribution < -0.4 is 4.74 Å². The Kier molecular flexibility index (Phi) is 5.03. The first kappa shape index (κ1) is 16.6. The highest BCUT2D eigenvalue weighted by Crippen LogP contribution is 2.18. The van der Waals surface area contributed by atoms with Gasteiger partial charge >= 0.3 is 5.97 Å². The normalized spacial score (nSPS) is 10.5. The zero-order chi connectivity index (χ0) is 17.6. The quantitative estimate of drug-likeness (QED) is 0.637. The highest BCUT2D eigenvalue weighted by molar-refractivity contribution is 5.91. The van der Waals surface area contributed by atoms with E-state index in [1.165, 1.54) is 0 Å². The zero-order valence-electron chi connectivity index (χ0n) is 13.9. The third-order valence-electron chi connectivity index (χ3n) is 3.38. The molecule has 0 aliphatic carbocycles. The Hall–Kier alpha value is -3.22. The lowest BCUT2D eigenvalue weighted by Crippen LogP contribution is -2.09. The number of rotatable bonds is 6. The summed E-state index contributed by atoms with van der Waals surface area (Å²) in [5, 5.41) is 3.90. The maximum absolute atomic E-state index is 12.2. The van der Waals surface area contributed by atoms with Crippen molar-refractivity contribution in [2.45, 2.75) is 20.5 Å².